The van der Waals surface area contributed by atoms with Crippen LogP contribution in [0, 0.1) is 17.6 Å². The van der Waals surface area contributed by atoms with Crippen LogP contribution in [-0.4, -0.2) is 23.2 Å². The van der Waals surface area contributed by atoms with Gasteiger partial charge in [0.1, 0.15) is 11.6 Å². The second-order valence-corrected chi connectivity index (χ2v) is 7.43. The Bertz CT molecular complexity index is 857. The van der Waals surface area contributed by atoms with Gasteiger partial charge < -0.3 is 10.4 Å². The number of hydrogen-bond acceptors (Lipinski definition) is 3. The monoisotopic (exact) mass is 391 g/mol. The van der Waals surface area contributed by atoms with E-state index in [1.807, 2.05) is 18.4 Å². The highest BCUT2D eigenvalue weighted by molar-refractivity contribution is 7.98. The lowest BCUT2D eigenvalue weighted by atomic mass is 10.0. The first-order valence-electron chi connectivity index (χ1n) is 8.50. The summed E-state index contributed by atoms with van der Waals surface area (Å²) in [7, 11) is 0. The maximum absolute atomic E-state index is 13.9. The van der Waals surface area contributed by atoms with E-state index in [-0.39, 0.29) is 18.2 Å². The first kappa shape index (κ1) is 19.4. The van der Waals surface area contributed by atoms with Gasteiger partial charge in [-0.1, -0.05) is 18.2 Å². The van der Waals surface area contributed by atoms with Gasteiger partial charge in [-0.05, 0) is 47.9 Å². The summed E-state index contributed by atoms with van der Waals surface area (Å²) in [5.41, 5.74) is 1.02. The maximum atomic E-state index is 13.9. The van der Waals surface area contributed by atoms with Crippen LogP contribution in [-0.2, 0) is 9.59 Å². The summed E-state index contributed by atoms with van der Waals surface area (Å²) in [6, 6.07) is 10.0. The smallest absolute Gasteiger partial charge is 0.305 e. The number of carbonyl (C=O) groups excluding carboxylic acids is 1. The molecule has 4 nitrogen and oxygen atoms in total. The minimum atomic E-state index is -1.02. The normalized spacial score (nSPS) is 19.4. The Morgan fingerprint density at radius 3 is 2.52 bits per heavy atom. The van der Waals surface area contributed by atoms with Crippen molar-refractivity contribution in [1.82, 2.24) is 5.32 Å². The predicted molar refractivity (Wildman–Crippen MR) is 98.6 cm³/mol. The van der Waals surface area contributed by atoms with E-state index in [0.717, 1.165) is 11.0 Å². The second-order valence-electron chi connectivity index (χ2n) is 6.55. The summed E-state index contributed by atoms with van der Waals surface area (Å²) in [6.45, 7) is 0. The van der Waals surface area contributed by atoms with E-state index in [1.54, 1.807) is 23.9 Å². The summed E-state index contributed by atoms with van der Waals surface area (Å²) >= 11 is 1.57. The van der Waals surface area contributed by atoms with E-state index in [2.05, 4.69) is 5.32 Å². The van der Waals surface area contributed by atoms with Crippen molar-refractivity contribution in [2.75, 3.05) is 6.26 Å². The van der Waals surface area contributed by atoms with Crippen LogP contribution in [0.1, 0.15) is 35.9 Å². The standard InChI is InChI=1S/C20H19F2NO3S/c1-27-13-5-2-11(3-6-13)18(10-19(24)25)23-20(26)16-9-15(16)14-7-4-12(21)8-17(14)22/h2-8,15-16,18H,9-10H2,1H3,(H,23,26)(H,24,25). The quantitative estimate of drug-likeness (QED) is 0.697. The van der Waals surface area contributed by atoms with Gasteiger partial charge in [0.05, 0.1) is 12.5 Å². The molecule has 1 fully saturated rings. The van der Waals surface area contributed by atoms with Crippen LogP contribution >= 0.6 is 11.8 Å². The molecule has 0 aromatic heterocycles. The lowest BCUT2D eigenvalue weighted by Crippen LogP contribution is -2.31. The SMILES string of the molecule is CSc1ccc(C(CC(=O)O)NC(=O)C2CC2c2ccc(F)cc2F)cc1. The highest BCUT2D eigenvalue weighted by Crippen LogP contribution is 2.48. The van der Waals surface area contributed by atoms with E-state index in [4.69, 9.17) is 5.11 Å². The fourth-order valence-corrected chi connectivity index (χ4v) is 3.58. The van der Waals surface area contributed by atoms with Crippen LogP contribution in [0.3, 0.4) is 0 Å². The summed E-state index contributed by atoms with van der Waals surface area (Å²) in [4.78, 5) is 24.8. The largest absolute Gasteiger partial charge is 0.481 e. The molecule has 0 bridgehead atoms. The molecule has 0 spiro atoms. The average molecular weight is 391 g/mol. The number of rotatable bonds is 7. The fraction of sp³-hybridized carbons (Fsp3) is 0.300. The molecule has 1 amide bonds. The van der Waals surface area contributed by atoms with Crippen LogP contribution < -0.4 is 5.32 Å². The van der Waals surface area contributed by atoms with Gasteiger partial charge in [-0.15, -0.1) is 11.8 Å². The fourth-order valence-electron chi connectivity index (χ4n) is 3.17. The Kier molecular flexibility index (Phi) is 5.79. The number of nitrogens with one attached hydrogen (secondary N) is 1. The molecule has 0 saturated heterocycles. The van der Waals surface area contributed by atoms with E-state index >= 15 is 0 Å². The van der Waals surface area contributed by atoms with Crippen molar-refractivity contribution in [2.24, 2.45) is 5.92 Å². The molecule has 27 heavy (non-hydrogen) atoms. The van der Waals surface area contributed by atoms with Crippen molar-refractivity contribution in [3.63, 3.8) is 0 Å². The lowest BCUT2D eigenvalue weighted by Gasteiger charge is -2.18. The number of amides is 1. The van der Waals surface area contributed by atoms with Gasteiger partial charge in [0.2, 0.25) is 5.91 Å². The summed E-state index contributed by atoms with van der Waals surface area (Å²) in [5, 5.41) is 11.9. The zero-order chi connectivity index (χ0) is 19.6. The van der Waals surface area contributed by atoms with E-state index in [9.17, 15) is 18.4 Å². The number of carboxylic acid groups (broad SMARTS) is 1. The van der Waals surface area contributed by atoms with Gasteiger partial charge in [-0.3, -0.25) is 9.59 Å². The summed E-state index contributed by atoms with van der Waals surface area (Å²) in [6.07, 6.45) is 2.15. The number of thioether (sulfide) groups is 1. The third-order valence-electron chi connectivity index (χ3n) is 4.70. The number of carbonyl (C=O) groups is 2. The first-order chi connectivity index (χ1) is 12.9. The van der Waals surface area contributed by atoms with E-state index < -0.39 is 29.6 Å². The topological polar surface area (TPSA) is 66.4 Å². The molecule has 1 aliphatic rings. The van der Waals surface area contributed by atoms with Gasteiger partial charge in [-0.2, -0.15) is 0 Å². The molecule has 1 saturated carbocycles. The van der Waals surface area contributed by atoms with Gasteiger partial charge in [0, 0.05) is 16.9 Å². The van der Waals surface area contributed by atoms with E-state index in [1.165, 1.54) is 12.1 Å². The van der Waals surface area contributed by atoms with Crippen molar-refractivity contribution in [3.05, 3.63) is 65.2 Å². The highest BCUT2D eigenvalue weighted by Gasteiger charge is 2.45. The number of benzene rings is 2. The van der Waals surface area contributed by atoms with Crippen LogP contribution in [0.4, 0.5) is 8.78 Å². The molecule has 0 aliphatic heterocycles. The molecule has 3 unspecified atom stereocenters. The molecule has 0 radical (unpaired) electrons. The number of aliphatic carboxylic acids is 1. The van der Waals surface area contributed by atoms with Crippen molar-refractivity contribution >= 4 is 23.6 Å². The lowest BCUT2D eigenvalue weighted by molar-refractivity contribution is -0.137. The molecule has 3 rings (SSSR count). The molecule has 3 atom stereocenters. The molecule has 1 aliphatic carbocycles. The van der Waals surface area contributed by atoms with Gasteiger partial charge >= 0.3 is 5.97 Å². The van der Waals surface area contributed by atoms with Crippen LogP contribution in [0.25, 0.3) is 0 Å². The Labute approximate surface area is 160 Å². The minimum absolute atomic E-state index is 0.243. The Hall–Kier alpha value is -2.41. The highest BCUT2D eigenvalue weighted by atomic mass is 32.2. The first-order valence-corrected chi connectivity index (χ1v) is 9.72. The second kappa shape index (κ2) is 8.08. The summed E-state index contributed by atoms with van der Waals surface area (Å²) in [5.74, 6) is -3.41. The maximum Gasteiger partial charge on any atom is 0.305 e. The van der Waals surface area contributed by atoms with Crippen molar-refractivity contribution in [1.29, 1.82) is 0 Å². The molecular weight excluding hydrogens is 372 g/mol. The number of carboxylic acids is 1. The van der Waals surface area contributed by atoms with Crippen LogP contribution in [0.2, 0.25) is 0 Å². The van der Waals surface area contributed by atoms with Gasteiger partial charge in [0.15, 0.2) is 0 Å². The van der Waals surface area contributed by atoms with Crippen molar-refractivity contribution in [3.8, 4) is 0 Å². The zero-order valence-corrected chi connectivity index (χ0v) is 15.4. The Morgan fingerprint density at radius 2 is 1.93 bits per heavy atom. The molecular formula is C20H19F2NO3S. The molecule has 7 heteroatoms. The molecule has 2 aromatic rings. The van der Waals surface area contributed by atoms with Crippen LogP contribution in [0.15, 0.2) is 47.4 Å². The Morgan fingerprint density at radius 1 is 1.22 bits per heavy atom. The Balaban J connectivity index is 1.70. The summed E-state index contributed by atoms with van der Waals surface area (Å²) < 4.78 is 26.9. The van der Waals surface area contributed by atoms with Gasteiger partial charge in [-0.25, -0.2) is 8.78 Å². The molecule has 2 aromatic carbocycles. The van der Waals surface area contributed by atoms with E-state index in [0.29, 0.717) is 17.5 Å². The van der Waals surface area contributed by atoms with Crippen molar-refractivity contribution < 1.29 is 23.5 Å². The molecule has 142 valence electrons. The third kappa shape index (κ3) is 4.66. The minimum Gasteiger partial charge on any atom is -0.481 e. The number of hydrogen-bond donors (Lipinski definition) is 2. The van der Waals surface area contributed by atoms with Crippen molar-refractivity contribution in [2.45, 2.75) is 29.7 Å². The van der Waals surface area contributed by atoms with Gasteiger partial charge in [0.25, 0.3) is 0 Å². The molecule has 2 N–H and O–H groups in total. The number of halogens is 2. The third-order valence-corrected chi connectivity index (χ3v) is 5.45. The zero-order valence-electron chi connectivity index (χ0n) is 14.6. The van der Waals surface area contributed by atoms with Crippen LogP contribution in [0.5, 0.6) is 0 Å². The predicted octanol–water partition coefficient (Wildman–Crippen LogP) is 4.12. The average Bonchev–Trinajstić information content (AvgIpc) is 3.41. The molecule has 0 heterocycles.